The van der Waals surface area contributed by atoms with Crippen LogP contribution in [0.4, 0.5) is 13.2 Å². The number of hydrogen-bond donors (Lipinski definition) is 0. The number of alkyl halides is 3. The van der Waals surface area contributed by atoms with E-state index < -0.39 is 11.7 Å². The molecule has 4 aliphatic heterocycles. The van der Waals surface area contributed by atoms with E-state index in [1.54, 1.807) is 6.07 Å². The van der Waals surface area contributed by atoms with E-state index in [1.807, 2.05) is 59.9 Å². The first-order valence-corrected chi connectivity index (χ1v) is 29.2. The second-order valence-corrected chi connectivity index (χ2v) is 23.6. The smallest absolute Gasteiger partial charge is 0.306 e. The Kier molecular flexibility index (Phi) is 9.66. The molecule has 2 aromatic heterocycles. The molecule has 6 heterocycles. The minimum absolute atomic E-state index is 0.581. The van der Waals surface area contributed by atoms with Gasteiger partial charge in [-0.3, -0.25) is 4.57 Å². The standard InChI is InChI=1S/C73H40F3N5S2/c74-73(75,76)44-31-36-59-65(39-44)82-63-28-12-23-53-51-33-32-46(49-21-10-26-60(68(49)51)80(59)69(53)63)54-24-11-27-62-71(54)83-64-29-13-22-52-50-20-9-19-48-45(34-37-61(67(48)50)81(62)70(52)64)43-30-35-58-55(38-43)47-18-7-8-25-57(47)79(58)66-40-56(41-14-3-1-4-15-41)77-72(78-66)42-16-5-2-6-17-42/h1-40H. The van der Waals surface area contributed by atoms with Crippen LogP contribution in [0.5, 0.6) is 0 Å². The van der Waals surface area contributed by atoms with Crippen molar-refractivity contribution in [2.75, 3.05) is 0 Å². The summed E-state index contributed by atoms with van der Waals surface area (Å²) in [5.74, 6) is 1.47. The molecule has 0 saturated heterocycles. The van der Waals surface area contributed by atoms with Crippen molar-refractivity contribution in [2.45, 2.75) is 6.18 Å². The minimum Gasteiger partial charge on any atom is -0.306 e. The van der Waals surface area contributed by atoms with E-state index in [9.17, 15) is 13.2 Å². The van der Waals surface area contributed by atoms with Gasteiger partial charge in [0.1, 0.15) is 5.82 Å². The van der Waals surface area contributed by atoms with Crippen LogP contribution in [0.2, 0.25) is 0 Å². The predicted octanol–water partition coefficient (Wildman–Crippen LogP) is 21.1. The molecular weight excluding hydrogens is 1070 g/mol. The van der Waals surface area contributed by atoms with Crippen molar-refractivity contribution in [3.63, 3.8) is 0 Å². The van der Waals surface area contributed by atoms with Gasteiger partial charge in [-0.25, -0.2) is 9.97 Å². The third-order valence-corrected chi connectivity index (χ3v) is 19.3. The van der Waals surface area contributed by atoms with Gasteiger partial charge in [0.25, 0.3) is 0 Å². The van der Waals surface area contributed by atoms with Gasteiger partial charge in [-0.15, -0.1) is 22.7 Å². The Morgan fingerprint density at radius 2 is 0.892 bits per heavy atom. The second-order valence-electron chi connectivity index (χ2n) is 21.5. The normalized spacial score (nSPS) is 12.5. The van der Waals surface area contributed by atoms with E-state index in [-0.39, 0.29) is 0 Å². The number of pyridine rings is 2. The van der Waals surface area contributed by atoms with Crippen LogP contribution in [-0.2, 0) is 6.18 Å². The summed E-state index contributed by atoms with van der Waals surface area (Å²) >= 11 is 3.22. The molecule has 390 valence electrons. The largest absolute Gasteiger partial charge is 0.416 e. The summed E-state index contributed by atoms with van der Waals surface area (Å²) in [5.41, 5.74) is 14.9. The highest BCUT2D eigenvalue weighted by Crippen LogP contribution is 2.50. The molecule has 4 aliphatic rings. The van der Waals surface area contributed by atoms with E-state index in [1.165, 1.54) is 55.4 Å². The summed E-state index contributed by atoms with van der Waals surface area (Å²) in [6, 6.07) is 84.1. The maximum atomic E-state index is 14.1. The highest BCUT2D eigenvalue weighted by atomic mass is 32.1. The van der Waals surface area contributed by atoms with E-state index in [2.05, 4.69) is 190 Å². The molecule has 0 radical (unpaired) electrons. The second kappa shape index (κ2) is 17.2. The zero-order valence-electron chi connectivity index (χ0n) is 43.8. The van der Waals surface area contributed by atoms with E-state index in [4.69, 9.17) is 9.97 Å². The van der Waals surface area contributed by atoms with Gasteiger partial charge < -0.3 is 9.13 Å². The maximum Gasteiger partial charge on any atom is 0.416 e. The van der Waals surface area contributed by atoms with Crippen LogP contribution >= 0.6 is 22.7 Å². The summed E-state index contributed by atoms with van der Waals surface area (Å²) in [6.45, 7) is 0. The lowest BCUT2D eigenvalue weighted by Gasteiger charge is -2.25. The van der Waals surface area contributed by atoms with Gasteiger partial charge in [-0.1, -0.05) is 170 Å². The lowest BCUT2D eigenvalue weighted by molar-refractivity contribution is -0.137. The number of halogens is 3. The predicted molar refractivity (Wildman–Crippen MR) is 340 cm³/mol. The first-order valence-electron chi connectivity index (χ1n) is 27.5. The van der Waals surface area contributed by atoms with Gasteiger partial charge >= 0.3 is 6.18 Å². The molecular formula is C73H40F3N5S2. The molecule has 0 spiro atoms. The highest BCUT2D eigenvalue weighted by molar-refractivity contribution is 7.25. The number of para-hydroxylation sites is 3. The molecule has 14 aromatic rings. The number of rotatable bonds is 5. The topological polar surface area (TPSA) is 40.6 Å². The van der Waals surface area contributed by atoms with Crippen LogP contribution in [-0.4, -0.2) is 23.7 Å². The fourth-order valence-corrected chi connectivity index (χ4v) is 15.9. The van der Waals surface area contributed by atoms with Gasteiger partial charge in [0.15, 0.2) is 5.82 Å². The summed E-state index contributed by atoms with van der Waals surface area (Å²) in [6.07, 6.45) is -4.45. The SMILES string of the molecule is FC(F)(F)c1ccc2c(c1)sc1cccc3c1-n2c1cccc2c(-c4cccc5c4sc4cccc6c4-n5c4ccc(-c5ccc7c(c5)c5ccccc5n7-c5cc(-c7ccccc7)nc(-c7ccccc7)n5)c5cccc6c54)ccc3c21. The van der Waals surface area contributed by atoms with Crippen molar-refractivity contribution in [3.05, 3.63) is 248 Å². The number of aromatic nitrogens is 5. The molecule has 0 bridgehead atoms. The zero-order chi connectivity index (χ0) is 54.8. The fourth-order valence-electron chi connectivity index (χ4n) is 13.5. The maximum absolute atomic E-state index is 14.1. The van der Waals surface area contributed by atoms with Crippen molar-refractivity contribution in [2.24, 2.45) is 0 Å². The van der Waals surface area contributed by atoms with Crippen molar-refractivity contribution in [1.82, 2.24) is 23.7 Å². The Labute approximate surface area is 478 Å². The zero-order valence-corrected chi connectivity index (χ0v) is 45.4. The van der Waals surface area contributed by atoms with Gasteiger partial charge in [-0.05, 0) is 105 Å². The first kappa shape index (κ1) is 46.6. The molecule has 0 unspecified atom stereocenters. The summed E-state index contributed by atoms with van der Waals surface area (Å²) < 4.78 is 53.2. The highest BCUT2D eigenvalue weighted by Gasteiger charge is 2.32. The third-order valence-electron chi connectivity index (χ3n) is 17.1. The van der Waals surface area contributed by atoms with E-state index >= 15 is 0 Å². The van der Waals surface area contributed by atoms with Crippen LogP contribution in [0.25, 0.3) is 168 Å². The van der Waals surface area contributed by atoms with Crippen LogP contribution in [0.15, 0.2) is 243 Å². The number of fused-ring (bicyclic) bond motifs is 11. The summed E-state index contributed by atoms with van der Waals surface area (Å²) in [7, 11) is 0. The molecule has 0 N–H and O–H groups in total. The molecule has 0 saturated carbocycles. The quantitative estimate of drug-likeness (QED) is 0.127. The molecule has 5 nitrogen and oxygen atoms in total. The lowest BCUT2D eigenvalue weighted by Crippen LogP contribution is -2.07. The Hall–Kier alpha value is -10.1. The molecule has 0 fully saturated rings. The number of hydrogen-bond acceptors (Lipinski definition) is 4. The van der Waals surface area contributed by atoms with Gasteiger partial charge in [-0.2, -0.15) is 13.2 Å². The van der Waals surface area contributed by atoms with Crippen LogP contribution in [0, 0.1) is 0 Å². The molecule has 0 aliphatic carbocycles. The summed E-state index contributed by atoms with van der Waals surface area (Å²) in [4.78, 5) is 10.4. The lowest BCUT2D eigenvalue weighted by atomic mass is 9.91. The van der Waals surface area contributed by atoms with Crippen LogP contribution < -0.4 is 0 Å². The Balaban J connectivity index is 0.841. The minimum atomic E-state index is -4.45. The molecule has 0 atom stereocenters. The molecule has 10 heteroatoms. The Morgan fingerprint density at radius 1 is 0.325 bits per heavy atom. The van der Waals surface area contributed by atoms with Crippen molar-refractivity contribution in [3.8, 4) is 62.1 Å². The van der Waals surface area contributed by atoms with Gasteiger partial charge in [0, 0.05) is 55.1 Å². The number of nitrogens with zero attached hydrogens (tertiary/aromatic N) is 5. The van der Waals surface area contributed by atoms with Crippen molar-refractivity contribution >= 4 is 128 Å². The van der Waals surface area contributed by atoms with Crippen molar-refractivity contribution < 1.29 is 13.2 Å². The van der Waals surface area contributed by atoms with Crippen LogP contribution in [0.1, 0.15) is 5.56 Å². The average Bonchev–Trinajstić information content (AvgIpc) is 1.59. The Morgan fingerprint density at radius 3 is 1.69 bits per heavy atom. The van der Waals surface area contributed by atoms with Gasteiger partial charge in [0.05, 0.1) is 74.5 Å². The molecule has 0 amide bonds. The first-order chi connectivity index (χ1) is 40.8. The van der Waals surface area contributed by atoms with E-state index in [0.29, 0.717) is 10.5 Å². The third kappa shape index (κ3) is 6.70. The average molecular weight is 1110 g/mol. The molecule has 18 rings (SSSR count). The van der Waals surface area contributed by atoms with Crippen LogP contribution in [0.3, 0.4) is 0 Å². The van der Waals surface area contributed by atoms with E-state index in [0.717, 1.165) is 125 Å². The van der Waals surface area contributed by atoms with Crippen molar-refractivity contribution in [1.29, 1.82) is 0 Å². The van der Waals surface area contributed by atoms with Gasteiger partial charge in [0.2, 0.25) is 0 Å². The monoisotopic (exact) mass is 1110 g/mol. The summed E-state index contributed by atoms with van der Waals surface area (Å²) in [5, 5.41) is 11.4. The Bertz CT molecular complexity index is 5630. The number of benzene rings is 12. The molecule has 83 heavy (non-hydrogen) atoms. The molecule has 12 aromatic carbocycles. The fraction of sp³-hybridized carbons (Fsp3) is 0.0137.